The Morgan fingerprint density at radius 3 is 2.94 bits per heavy atom. The minimum absolute atomic E-state index is 0.112. The fourth-order valence-corrected chi connectivity index (χ4v) is 2.94. The summed E-state index contributed by atoms with van der Waals surface area (Å²) in [6, 6.07) is 0. The maximum atomic E-state index is 11.9. The molecular weight excluding hydrogens is 242 g/mol. The van der Waals surface area contributed by atoms with Crippen LogP contribution in [0, 0.1) is 12.8 Å². The lowest BCUT2D eigenvalue weighted by molar-refractivity contribution is 0.107. The first-order chi connectivity index (χ1) is 7.99. The molecule has 0 saturated carbocycles. The summed E-state index contributed by atoms with van der Waals surface area (Å²) in [5.74, 6) is 0.830. The topological polar surface area (TPSA) is 84.1 Å². The van der Waals surface area contributed by atoms with Gasteiger partial charge in [0.05, 0.1) is 12.3 Å². The normalized spacial score (nSPS) is 25.3. The van der Waals surface area contributed by atoms with Gasteiger partial charge in [0.1, 0.15) is 5.82 Å². The quantitative estimate of drug-likeness (QED) is 0.821. The number of aryl methyl sites for hydroxylation is 1. The van der Waals surface area contributed by atoms with Crippen LogP contribution in [0.4, 0.5) is 0 Å². The number of rotatable bonds is 4. The molecule has 1 aromatic rings. The fourth-order valence-electron chi connectivity index (χ4n) is 1.87. The average Bonchev–Trinajstić information content (AvgIpc) is 2.85. The highest BCUT2D eigenvalue weighted by Gasteiger charge is 2.26. The minimum atomic E-state index is -3.47. The van der Waals surface area contributed by atoms with Crippen molar-refractivity contribution in [3.8, 4) is 0 Å². The van der Waals surface area contributed by atoms with Crippen molar-refractivity contribution in [1.82, 2.24) is 14.7 Å². The van der Waals surface area contributed by atoms with Gasteiger partial charge in [-0.25, -0.2) is 18.1 Å². The van der Waals surface area contributed by atoms with Crippen molar-refractivity contribution in [2.45, 2.75) is 31.4 Å². The molecule has 0 aromatic carbocycles. The number of H-pyrrole nitrogens is 1. The number of hydrogen-bond donors (Lipinski definition) is 2. The Kier molecular flexibility index (Phi) is 3.50. The lowest BCUT2D eigenvalue weighted by Crippen LogP contribution is -2.32. The summed E-state index contributed by atoms with van der Waals surface area (Å²) in [5.41, 5.74) is 0. The van der Waals surface area contributed by atoms with Gasteiger partial charge in [0.25, 0.3) is 10.0 Å². The molecule has 1 aromatic heterocycles. The summed E-state index contributed by atoms with van der Waals surface area (Å²) in [6.45, 7) is 4.79. The third kappa shape index (κ3) is 2.85. The maximum absolute atomic E-state index is 11.9. The number of ether oxygens (including phenoxy) is 1. The number of nitrogens with one attached hydrogen (secondary N) is 2. The molecule has 1 fully saturated rings. The second-order valence-corrected chi connectivity index (χ2v) is 6.04. The highest BCUT2D eigenvalue weighted by molar-refractivity contribution is 7.89. The van der Waals surface area contributed by atoms with Crippen molar-refractivity contribution in [2.24, 2.45) is 5.92 Å². The molecule has 2 unspecified atom stereocenters. The lowest BCUT2D eigenvalue weighted by Gasteiger charge is -2.14. The van der Waals surface area contributed by atoms with E-state index in [9.17, 15) is 8.42 Å². The first-order valence-corrected chi connectivity index (χ1v) is 7.10. The number of nitrogens with zero attached hydrogens (tertiary/aromatic N) is 1. The van der Waals surface area contributed by atoms with Crippen LogP contribution in [0.5, 0.6) is 0 Å². The Morgan fingerprint density at radius 1 is 1.65 bits per heavy atom. The predicted octanol–water partition coefficient (Wildman–Crippen LogP) is 0.421. The van der Waals surface area contributed by atoms with Gasteiger partial charge in [0, 0.05) is 19.1 Å². The Labute approximate surface area is 101 Å². The van der Waals surface area contributed by atoms with E-state index in [1.165, 1.54) is 6.20 Å². The Hall–Kier alpha value is -0.920. The highest BCUT2D eigenvalue weighted by Crippen LogP contribution is 2.20. The number of hydrogen-bond acceptors (Lipinski definition) is 4. The molecule has 96 valence electrons. The van der Waals surface area contributed by atoms with Crippen LogP contribution in [-0.2, 0) is 14.8 Å². The van der Waals surface area contributed by atoms with E-state index in [0.717, 1.165) is 6.42 Å². The number of aromatic amines is 1. The van der Waals surface area contributed by atoms with Crippen LogP contribution in [0.25, 0.3) is 0 Å². The van der Waals surface area contributed by atoms with Crippen LogP contribution in [0.15, 0.2) is 11.2 Å². The van der Waals surface area contributed by atoms with E-state index in [1.54, 1.807) is 6.92 Å². The van der Waals surface area contributed by atoms with Crippen molar-refractivity contribution in [3.05, 3.63) is 12.0 Å². The molecule has 0 aliphatic carbocycles. The van der Waals surface area contributed by atoms with Gasteiger partial charge in [0.2, 0.25) is 0 Å². The van der Waals surface area contributed by atoms with Gasteiger partial charge in [-0.3, -0.25) is 0 Å². The lowest BCUT2D eigenvalue weighted by atomic mass is 10.0. The SMILES string of the molecule is Cc1ncc(S(=O)(=O)NCC2CCOC2C)[nH]1. The van der Waals surface area contributed by atoms with Gasteiger partial charge in [-0.2, -0.15) is 0 Å². The van der Waals surface area contributed by atoms with Crippen LogP contribution in [-0.4, -0.2) is 37.6 Å². The number of aromatic nitrogens is 2. The molecule has 2 heterocycles. The molecule has 0 bridgehead atoms. The van der Waals surface area contributed by atoms with Crippen LogP contribution >= 0.6 is 0 Å². The smallest absolute Gasteiger partial charge is 0.257 e. The van der Waals surface area contributed by atoms with Crippen LogP contribution in [0.1, 0.15) is 19.2 Å². The summed E-state index contributed by atoms with van der Waals surface area (Å²) in [5, 5.41) is 0.113. The molecule has 7 heteroatoms. The summed E-state index contributed by atoms with van der Waals surface area (Å²) in [4.78, 5) is 6.59. The molecular formula is C10H17N3O3S. The summed E-state index contributed by atoms with van der Waals surface area (Å²) < 4.78 is 31.7. The zero-order valence-electron chi connectivity index (χ0n) is 9.93. The van der Waals surface area contributed by atoms with Gasteiger partial charge in [-0.15, -0.1) is 0 Å². The van der Waals surface area contributed by atoms with Gasteiger partial charge in [0.15, 0.2) is 5.03 Å². The van der Waals surface area contributed by atoms with E-state index in [-0.39, 0.29) is 17.0 Å². The molecule has 0 radical (unpaired) electrons. The van der Waals surface area contributed by atoms with Crippen LogP contribution < -0.4 is 4.72 Å². The van der Waals surface area contributed by atoms with Gasteiger partial charge in [-0.05, 0) is 20.3 Å². The zero-order valence-corrected chi connectivity index (χ0v) is 10.8. The minimum Gasteiger partial charge on any atom is -0.378 e. The summed E-state index contributed by atoms with van der Waals surface area (Å²) >= 11 is 0. The van der Waals surface area contributed by atoms with Gasteiger partial charge in [-0.1, -0.05) is 0 Å². The number of sulfonamides is 1. The van der Waals surface area contributed by atoms with E-state index >= 15 is 0 Å². The second-order valence-electron chi connectivity index (χ2n) is 4.31. The van der Waals surface area contributed by atoms with Crippen molar-refractivity contribution < 1.29 is 13.2 Å². The van der Waals surface area contributed by atoms with Gasteiger partial charge >= 0.3 is 0 Å². The van der Waals surface area contributed by atoms with Gasteiger partial charge < -0.3 is 9.72 Å². The Bertz CT molecular complexity index is 483. The van der Waals surface area contributed by atoms with Crippen molar-refractivity contribution in [1.29, 1.82) is 0 Å². The molecule has 6 nitrogen and oxygen atoms in total. The highest BCUT2D eigenvalue weighted by atomic mass is 32.2. The average molecular weight is 259 g/mol. The molecule has 0 amide bonds. The largest absolute Gasteiger partial charge is 0.378 e. The van der Waals surface area contributed by atoms with E-state index in [2.05, 4.69) is 14.7 Å². The second kappa shape index (κ2) is 4.75. The zero-order chi connectivity index (χ0) is 12.5. The van der Waals surface area contributed by atoms with E-state index in [4.69, 9.17) is 4.74 Å². The molecule has 2 rings (SSSR count). The Morgan fingerprint density at radius 2 is 2.41 bits per heavy atom. The molecule has 1 saturated heterocycles. The summed E-state index contributed by atoms with van der Waals surface area (Å²) in [7, 11) is -3.47. The molecule has 17 heavy (non-hydrogen) atoms. The third-order valence-electron chi connectivity index (χ3n) is 3.04. The van der Waals surface area contributed by atoms with Crippen LogP contribution in [0.3, 0.4) is 0 Å². The first kappa shape index (κ1) is 12.5. The van der Waals surface area contributed by atoms with Crippen LogP contribution in [0.2, 0.25) is 0 Å². The molecule has 1 aliphatic rings. The molecule has 0 spiro atoms. The standard InChI is InChI=1S/C10H17N3O3S/c1-7-9(3-4-16-7)5-12-17(14,15)10-6-11-8(2)13-10/h6-7,9,12H,3-5H2,1-2H3,(H,11,13). The monoisotopic (exact) mass is 259 g/mol. The Balaban J connectivity index is 1.98. The van der Waals surface area contributed by atoms with Crippen molar-refractivity contribution >= 4 is 10.0 Å². The molecule has 2 atom stereocenters. The number of imidazole rings is 1. The van der Waals surface area contributed by atoms with Crippen molar-refractivity contribution in [2.75, 3.05) is 13.2 Å². The molecule has 2 N–H and O–H groups in total. The first-order valence-electron chi connectivity index (χ1n) is 5.62. The van der Waals surface area contributed by atoms with E-state index in [1.807, 2.05) is 6.92 Å². The van der Waals surface area contributed by atoms with E-state index in [0.29, 0.717) is 19.0 Å². The fraction of sp³-hybridized carbons (Fsp3) is 0.700. The summed E-state index contributed by atoms with van der Waals surface area (Å²) in [6.07, 6.45) is 2.33. The van der Waals surface area contributed by atoms with E-state index < -0.39 is 10.0 Å². The predicted molar refractivity (Wildman–Crippen MR) is 62.0 cm³/mol. The third-order valence-corrected chi connectivity index (χ3v) is 4.37. The van der Waals surface area contributed by atoms with Crippen molar-refractivity contribution in [3.63, 3.8) is 0 Å². The maximum Gasteiger partial charge on any atom is 0.257 e. The molecule has 1 aliphatic heterocycles.